The van der Waals surface area contributed by atoms with Gasteiger partial charge in [-0.2, -0.15) is 0 Å². The summed E-state index contributed by atoms with van der Waals surface area (Å²) in [5.74, 6) is 0.0279. The molecule has 1 aliphatic carbocycles. The van der Waals surface area contributed by atoms with Gasteiger partial charge in [0.2, 0.25) is 0 Å². The van der Waals surface area contributed by atoms with Crippen molar-refractivity contribution in [2.75, 3.05) is 0 Å². The van der Waals surface area contributed by atoms with Crippen molar-refractivity contribution in [3.63, 3.8) is 0 Å². The molecule has 0 aliphatic heterocycles. The van der Waals surface area contributed by atoms with E-state index >= 15 is 0 Å². The van der Waals surface area contributed by atoms with Crippen LogP contribution < -0.4 is 5.56 Å². The van der Waals surface area contributed by atoms with Crippen molar-refractivity contribution in [2.45, 2.75) is 25.5 Å². The quantitative estimate of drug-likeness (QED) is 0.800. The molecule has 1 N–H and O–H groups in total. The molecule has 0 amide bonds. The molecular formula is C17H15FN2O2S. The molecule has 0 bridgehead atoms. The molecule has 1 aliphatic rings. The van der Waals surface area contributed by atoms with Gasteiger partial charge in [0.05, 0.1) is 24.5 Å². The van der Waals surface area contributed by atoms with Gasteiger partial charge in [0.1, 0.15) is 10.5 Å². The van der Waals surface area contributed by atoms with Crippen LogP contribution in [0.1, 0.15) is 12.8 Å². The molecule has 4 rings (SSSR count). The van der Waals surface area contributed by atoms with E-state index < -0.39 is 6.10 Å². The van der Waals surface area contributed by atoms with E-state index in [0.717, 1.165) is 23.3 Å². The van der Waals surface area contributed by atoms with Crippen molar-refractivity contribution in [3.8, 4) is 10.4 Å². The van der Waals surface area contributed by atoms with Crippen molar-refractivity contribution in [2.24, 2.45) is 5.92 Å². The topological polar surface area (TPSA) is 55.1 Å². The third kappa shape index (κ3) is 2.80. The standard InChI is InChI=1S/C17H15FN2O2S/c18-12-5-3-11(4-6-12)15-7-13-16(23-15)17(22)20(9-19-13)8-14(21)10-1-2-10/h3-7,9-10,14,21H,1-2,8H2. The van der Waals surface area contributed by atoms with E-state index in [0.29, 0.717) is 16.1 Å². The molecule has 4 nitrogen and oxygen atoms in total. The van der Waals surface area contributed by atoms with Gasteiger partial charge in [-0.25, -0.2) is 9.37 Å². The summed E-state index contributed by atoms with van der Waals surface area (Å²) in [7, 11) is 0. The summed E-state index contributed by atoms with van der Waals surface area (Å²) in [5.41, 5.74) is 1.36. The molecule has 0 radical (unpaired) electrons. The minimum absolute atomic E-state index is 0.131. The molecule has 1 fully saturated rings. The lowest BCUT2D eigenvalue weighted by atomic mass is 10.2. The van der Waals surface area contributed by atoms with Gasteiger partial charge in [-0.15, -0.1) is 11.3 Å². The predicted octanol–water partition coefficient (Wildman–Crippen LogP) is 3.04. The molecule has 1 unspecified atom stereocenters. The zero-order chi connectivity index (χ0) is 16.0. The Bertz CT molecular complexity index is 912. The second kappa shape index (κ2) is 5.54. The van der Waals surface area contributed by atoms with E-state index in [1.165, 1.54) is 34.4 Å². The first-order valence-corrected chi connectivity index (χ1v) is 8.36. The maximum Gasteiger partial charge on any atom is 0.271 e. The van der Waals surface area contributed by atoms with Gasteiger partial charge in [0, 0.05) is 4.88 Å². The third-order valence-corrected chi connectivity index (χ3v) is 5.34. The summed E-state index contributed by atoms with van der Waals surface area (Å²) in [5, 5.41) is 10.0. The van der Waals surface area contributed by atoms with Gasteiger partial charge >= 0.3 is 0 Å². The summed E-state index contributed by atoms with van der Waals surface area (Å²) in [6, 6.07) is 8.02. The van der Waals surface area contributed by atoms with Gasteiger partial charge in [-0.3, -0.25) is 9.36 Å². The number of benzene rings is 1. The second-order valence-corrected chi connectivity index (χ2v) is 6.99. The van der Waals surface area contributed by atoms with Gasteiger partial charge in [0.15, 0.2) is 0 Å². The number of thiophene rings is 1. The molecule has 1 aromatic carbocycles. The summed E-state index contributed by atoms with van der Waals surface area (Å²) in [6.45, 7) is 0.288. The van der Waals surface area contributed by atoms with E-state index in [-0.39, 0.29) is 17.9 Å². The number of aromatic nitrogens is 2. The first-order chi connectivity index (χ1) is 11.1. The van der Waals surface area contributed by atoms with Crippen LogP contribution in [0.3, 0.4) is 0 Å². The molecular weight excluding hydrogens is 315 g/mol. The lowest BCUT2D eigenvalue weighted by molar-refractivity contribution is 0.130. The molecule has 118 valence electrons. The van der Waals surface area contributed by atoms with Crippen molar-refractivity contribution in [1.29, 1.82) is 0 Å². The maximum atomic E-state index is 13.0. The van der Waals surface area contributed by atoms with Crippen LogP contribution in [0.25, 0.3) is 20.7 Å². The van der Waals surface area contributed by atoms with E-state index in [1.54, 1.807) is 12.1 Å². The molecule has 0 saturated heterocycles. The molecule has 2 aromatic heterocycles. The van der Waals surface area contributed by atoms with Crippen LogP contribution in [0, 0.1) is 11.7 Å². The largest absolute Gasteiger partial charge is 0.391 e. The highest BCUT2D eigenvalue weighted by molar-refractivity contribution is 7.22. The van der Waals surface area contributed by atoms with E-state index in [2.05, 4.69) is 4.98 Å². The highest BCUT2D eigenvalue weighted by atomic mass is 32.1. The number of halogens is 1. The maximum absolute atomic E-state index is 13.0. The lowest BCUT2D eigenvalue weighted by Gasteiger charge is -2.10. The third-order valence-electron chi connectivity index (χ3n) is 4.18. The van der Waals surface area contributed by atoms with Crippen LogP contribution >= 0.6 is 11.3 Å². The van der Waals surface area contributed by atoms with Crippen LogP contribution in [-0.2, 0) is 6.54 Å². The highest BCUT2D eigenvalue weighted by Crippen LogP contribution is 2.33. The summed E-state index contributed by atoms with van der Waals surface area (Å²) in [4.78, 5) is 17.8. The number of hydrogen-bond acceptors (Lipinski definition) is 4. The second-order valence-electron chi connectivity index (χ2n) is 5.94. The average Bonchev–Trinajstić information content (AvgIpc) is 3.30. The van der Waals surface area contributed by atoms with Crippen LogP contribution in [0.15, 0.2) is 41.5 Å². The lowest BCUT2D eigenvalue weighted by Crippen LogP contribution is -2.27. The first kappa shape index (κ1) is 14.5. The Kier molecular flexibility index (Phi) is 3.50. The van der Waals surface area contributed by atoms with Gasteiger partial charge in [-0.05, 0) is 42.5 Å². The van der Waals surface area contributed by atoms with Gasteiger partial charge < -0.3 is 5.11 Å². The highest BCUT2D eigenvalue weighted by Gasteiger charge is 2.30. The number of nitrogens with zero attached hydrogens (tertiary/aromatic N) is 2. The minimum Gasteiger partial charge on any atom is -0.391 e. The SMILES string of the molecule is O=c1c2sc(-c3ccc(F)cc3)cc2ncn1CC(O)C1CC1. The van der Waals surface area contributed by atoms with E-state index in [1.807, 2.05) is 6.07 Å². The van der Waals surface area contributed by atoms with E-state index in [9.17, 15) is 14.3 Å². The Morgan fingerprint density at radius 3 is 2.78 bits per heavy atom. The Labute approximate surface area is 135 Å². The Hall–Kier alpha value is -2.05. The molecule has 6 heteroatoms. The monoisotopic (exact) mass is 330 g/mol. The normalized spacial score (nSPS) is 15.9. The molecule has 3 aromatic rings. The van der Waals surface area contributed by atoms with Crippen LogP contribution in [-0.4, -0.2) is 20.8 Å². The summed E-state index contributed by atoms with van der Waals surface area (Å²) in [6.07, 6.45) is 3.07. The molecule has 2 heterocycles. The zero-order valence-electron chi connectivity index (χ0n) is 12.3. The number of aliphatic hydroxyl groups is 1. The fraction of sp³-hybridized carbons (Fsp3) is 0.294. The fourth-order valence-corrected chi connectivity index (χ4v) is 3.73. The van der Waals surface area contributed by atoms with Crippen molar-refractivity contribution < 1.29 is 9.50 Å². The van der Waals surface area contributed by atoms with Crippen LogP contribution in [0.2, 0.25) is 0 Å². The smallest absolute Gasteiger partial charge is 0.271 e. The summed E-state index contributed by atoms with van der Waals surface area (Å²) < 4.78 is 15.1. The predicted molar refractivity (Wildman–Crippen MR) is 88.0 cm³/mol. The Morgan fingerprint density at radius 1 is 1.35 bits per heavy atom. The zero-order valence-corrected chi connectivity index (χ0v) is 13.1. The van der Waals surface area contributed by atoms with Crippen LogP contribution in [0.5, 0.6) is 0 Å². The van der Waals surface area contributed by atoms with Gasteiger partial charge in [0.25, 0.3) is 5.56 Å². The van der Waals surface area contributed by atoms with E-state index in [4.69, 9.17) is 0 Å². The molecule has 23 heavy (non-hydrogen) atoms. The molecule has 0 spiro atoms. The average molecular weight is 330 g/mol. The van der Waals surface area contributed by atoms with Crippen molar-refractivity contribution in [1.82, 2.24) is 9.55 Å². The minimum atomic E-state index is -0.483. The number of aliphatic hydroxyl groups excluding tert-OH is 1. The van der Waals surface area contributed by atoms with Crippen molar-refractivity contribution in [3.05, 3.63) is 52.8 Å². The van der Waals surface area contributed by atoms with Crippen LogP contribution in [0.4, 0.5) is 4.39 Å². The molecule has 1 atom stereocenters. The molecule has 1 saturated carbocycles. The first-order valence-electron chi connectivity index (χ1n) is 7.55. The van der Waals surface area contributed by atoms with Crippen molar-refractivity contribution >= 4 is 21.6 Å². The fourth-order valence-electron chi connectivity index (χ4n) is 2.66. The van der Waals surface area contributed by atoms with Gasteiger partial charge in [-0.1, -0.05) is 12.1 Å². The number of hydrogen-bond donors (Lipinski definition) is 1. The Balaban J connectivity index is 1.72. The number of rotatable bonds is 4. The summed E-state index contributed by atoms with van der Waals surface area (Å²) >= 11 is 1.35. The number of fused-ring (bicyclic) bond motifs is 1. The Morgan fingerprint density at radius 2 is 2.09 bits per heavy atom.